The molecule has 1 N–H and O–H groups in total. The highest BCUT2D eigenvalue weighted by Gasteiger charge is 2.12. The minimum absolute atomic E-state index is 0.0157. The minimum Gasteiger partial charge on any atom is -0.394 e. The lowest BCUT2D eigenvalue weighted by molar-refractivity contribution is 0.112. The van der Waals surface area contributed by atoms with Crippen molar-refractivity contribution in [3.8, 4) is 0 Å². The van der Waals surface area contributed by atoms with Crippen LogP contribution >= 0.6 is 15.9 Å². The number of likely N-dealkylation sites (N-methyl/N-ethyl adjacent to an activating group) is 1. The number of nitrogens with zero attached hydrogens (tertiary/aromatic N) is 1. The van der Waals surface area contributed by atoms with Crippen LogP contribution in [0.5, 0.6) is 0 Å². The number of carbonyl (C=O) groups is 1. The van der Waals surface area contributed by atoms with E-state index in [2.05, 4.69) is 15.9 Å². The molecule has 1 aromatic rings. The van der Waals surface area contributed by atoms with E-state index in [-0.39, 0.29) is 12.6 Å². The summed E-state index contributed by atoms with van der Waals surface area (Å²) in [6.07, 6.45) is 0.822. The lowest BCUT2D eigenvalue weighted by Gasteiger charge is -2.26. The highest BCUT2D eigenvalue weighted by molar-refractivity contribution is 9.10. The molecule has 0 saturated carbocycles. The molecule has 1 unspecified atom stereocenters. The Labute approximate surface area is 97.8 Å². The number of benzene rings is 1. The number of aliphatic hydroxyl groups is 1. The van der Waals surface area contributed by atoms with Crippen LogP contribution in [0.1, 0.15) is 17.3 Å². The molecule has 0 aliphatic carbocycles. The molecule has 3 nitrogen and oxygen atoms in total. The quantitative estimate of drug-likeness (QED) is 0.853. The van der Waals surface area contributed by atoms with Gasteiger partial charge in [-0.25, -0.2) is 0 Å². The molecule has 1 rings (SSSR count). The summed E-state index contributed by atoms with van der Waals surface area (Å²) in [7, 11) is 1.86. The summed E-state index contributed by atoms with van der Waals surface area (Å²) < 4.78 is 0.917. The van der Waals surface area contributed by atoms with Gasteiger partial charge in [0.1, 0.15) is 0 Å². The third-order valence-electron chi connectivity index (χ3n) is 2.42. The Morgan fingerprint density at radius 3 is 2.80 bits per heavy atom. The normalized spacial score (nSPS) is 12.3. The van der Waals surface area contributed by atoms with Gasteiger partial charge in [0.05, 0.1) is 6.61 Å². The number of carbonyl (C=O) groups excluding carboxylic acids is 1. The average molecular weight is 272 g/mol. The van der Waals surface area contributed by atoms with E-state index in [1.54, 1.807) is 6.07 Å². The maximum Gasteiger partial charge on any atom is 0.152 e. The van der Waals surface area contributed by atoms with Crippen LogP contribution in [0.3, 0.4) is 0 Å². The first-order valence-corrected chi connectivity index (χ1v) is 5.48. The molecule has 82 valence electrons. The van der Waals surface area contributed by atoms with Crippen LogP contribution in [0.25, 0.3) is 0 Å². The van der Waals surface area contributed by atoms with E-state index in [9.17, 15) is 4.79 Å². The van der Waals surface area contributed by atoms with E-state index in [4.69, 9.17) is 5.11 Å². The highest BCUT2D eigenvalue weighted by Crippen LogP contribution is 2.24. The van der Waals surface area contributed by atoms with Crippen LogP contribution in [-0.4, -0.2) is 31.1 Å². The Bertz CT molecular complexity index is 354. The molecule has 0 spiro atoms. The second-order valence-electron chi connectivity index (χ2n) is 3.46. The van der Waals surface area contributed by atoms with Gasteiger partial charge in [-0.1, -0.05) is 15.9 Å². The van der Waals surface area contributed by atoms with Gasteiger partial charge in [0.15, 0.2) is 6.29 Å². The monoisotopic (exact) mass is 271 g/mol. The van der Waals surface area contributed by atoms with Crippen molar-refractivity contribution < 1.29 is 9.90 Å². The van der Waals surface area contributed by atoms with Gasteiger partial charge in [-0.15, -0.1) is 0 Å². The summed E-state index contributed by atoms with van der Waals surface area (Å²) in [4.78, 5) is 12.7. The van der Waals surface area contributed by atoms with Gasteiger partial charge in [-0.2, -0.15) is 0 Å². The lowest BCUT2D eigenvalue weighted by Crippen LogP contribution is -2.32. The highest BCUT2D eigenvalue weighted by atomic mass is 79.9. The van der Waals surface area contributed by atoms with Gasteiger partial charge < -0.3 is 10.0 Å². The molecule has 4 heteroatoms. The first-order valence-electron chi connectivity index (χ1n) is 4.68. The molecule has 0 fully saturated rings. The van der Waals surface area contributed by atoms with E-state index in [1.165, 1.54) is 0 Å². The summed E-state index contributed by atoms with van der Waals surface area (Å²) in [5, 5.41) is 9.06. The number of halogens is 1. The smallest absolute Gasteiger partial charge is 0.152 e. The van der Waals surface area contributed by atoms with Crippen molar-refractivity contribution in [3.05, 3.63) is 28.2 Å². The van der Waals surface area contributed by atoms with Crippen molar-refractivity contribution in [2.75, 3.05) is 18.6 Å². The largest absolute Gasteiger partial charge is 0.394 e. The zero-order chi connectivity index (χ0) is 11.4. The van der Waals surface area contributed by atoms with E-state index >= 15 is 0 Å². The number of rotatable bonds is 4. The molecule has 0 bridgehead atoms. The van der Waals surface area contributed by atoms with E-state index < -0.39 is 0 Å². The molecular formula is C11H14BrNO2. The maximum atomic E-state index is 10.8. The summed E-state index contributed by atoms with van der Waals surface area (Å²) in [5.41, 5.74) is 1.45. The van der Waals surface area contributed by atoms with Gasteiger partial charge >= 0.3 is 0 Å². The van der Waals surface area contributed by atoms with E-state index in [1.807, 2.05) is 31.0 Å². The molecule has 0 saturated heterocycles. The van der Waals surface area contributed by atoms with Crippen LogP contribution in [0.4, 0.5) is 5.69 Å². The Kier molecular flexibility index (Phi) is 4.29. The molecule has 0 aliphatic rings. The van der Waals surface area contributed by atoms with E-state index in [0.717, 1.165) is 16.4 Å². The predicted molar refractivity (Wildman–Crippen MR) is 64.5 cm³/mol. The SMILES string of the molecule is CC(CO)N(C)c1cc(Br)ccc1C=O. The topological polar surface area (TPSA) is 40.5 Å². The first-order chi connectivity index (χ1) is 7.10. The fraction of sp³-hybridized carbons (Fsp3) is 0.364. The second-order valence-corrected chi connectivity index (χ2v) is 4.38. The Balaban J connectivity index is 3.10. The van der Waals surface area contributed by atoms with Gasteiger partial charge in [-0.3, -0.25) is 4.79 Å². The molecule has 0 radical (unpaired) electrons. The molecular weight excluding hydrogens is 258 g/mol. The van der Waals surface area contributed by atoms with Crippen molar-refractivity contribution >= 4 is 27.9 Å². The molecule has 0 amide bonds. The average Bonchev–Trinajstić information content (AvgIpc) is 2.27. The summed E-state index contributed by atoms with van der Waals surface area (Å²) in [6, 6.07) is 5.44. The third-order valence-corrected chi connectivity index (χ3v) is 2.92. The molecule has 0 aliphatic heterocycles. The van der Waals surface area contributed by atoms with Gasteiger partial charge in [0.25, 0.3) is 0 Å². The number of aldehydes is 1. The van der Waals surface area contributed by atoms with Crippen molar-refractivity contribution in [2.24, 2.45) is 0 Å². The summed E-state index contributed by atoms with van der Waals surface area (Å²) in [5.74, 6) is 0. The summed E-state index contributed by atoms with van der Waals surface area (Å²) >= 11 is 3.36. The summed E-state index contributed by atoms with van der Waals surface area (Å²) in [6.45, 7) is 1.96. The first kappa shape index (κ1) is 12.2. The van der Waals surface area contributed by atoms with E-state index in [0.29, 0.717) is 5.56 Å². The third kappa shape index (κ3) is 2.79. The Morgan fingerprint density at radius 2 is 2.27 bits per heavy atom. The predicted octanol–water partition coefficient (Wildman–Crippen LogP) is 2.08. The van der Waals surface area contributed by atoms with Crippen molar-refractivity contribution in [3.63, 3.8) is 0 Å². The Morgan fingerprint density at radius 1 is 1.60 bits per heavy atom. The number of hydrogen-bond acceptors (Lipinski definition) is 3. The van der Waals surface area contributed by atoms with Crippen LogP contribution in [0.15, 0.2) is 22.7 Å². The molecule has 0 aromatic heterocycles. The van der Waals surface area contributed by atoms with Crippen molar-refractivity contribution in [2.45, 2.75) is 13.0 Å². The lowest BCUT2D eigenvalue weighted by atomic mass is 10.1. The standard InChI is InChI=1S/C11H14BrNO2/c1-8(6-14)13(2)11-5-10(12)4-3-9(11)7-15/h3-5,7-8,14H,6H2,1-2H3. The van der Waals surface area contributed by atoms with Crippen LogP contribution in [-0.2, 0) is 0 Å². The zero-order valence-corrected chi connectivity index (χ0v) is 10.4. The van der Waals surface area contributed by atoms with Crippen LogP contribution in [0.2, 0.25) is 0 Å². The molecule has 15 heavy (non-hydrogen) atoms. The fourth-order valence-corrected chi connectivity index (χ4v) is 1.63. The van der Waals surface area contributed by atoms with Crippen molar-refractivity contribution in [1.29, 1.82) is 0 Å². The zero-order valence-electron chi connectivity index (χ0n) is 8.77. The fourth-order valence-electron chi connectivity index (χ4n) is 1.28. The number of hydrogen-bond donors (Lipinski definition) is 1. The van der Waals surface area contributed by atoms with Crippen molar-refractivity contribution in [1.82, 2.24) is 0 Å². The van der Waals surface area contributed by atoms with Gasteiger partial charge in [0, 0.05) is 28.8 Å². The molecule has 0 heterocycles. The number of anilines is 1. The van der Waals surface area contributed by atoms with Crippen LogP contribution < -0.4 is 4.90 Å². The molecule has 1 aromatic carbocycles. The number of aliphatic hydroxyl groups excluding tert-OH is 1. The van der Waals surface area contributed by atoms with Gasteiger partial charge in [0.2, 0.25) is 0 Å². The van der Waals surface area contributed by atoms with Crippen LogP contribution in [0, 0.1) is 0 Å². The van der Waals surface area contributed by atoms with Gasteiger partial charge in [-0.05, 0) is 25.1 Å². The molecule has 1 atom stereocenters. The maximum absolute atomic E-state index is 10.8. The second kappa shape index (κ2) is 5.28. The Hall–Kier alpha value is -0.870. The minimum atomic E-state index is -0.0157.